The van der Waals surface area contributed by atoms with Crippen molar-refractivity contribution in [3.63, 3.8) is 0 Å². The van der Waals surface area contributed by atoms with Crippen LogP contribution in [0.4, 0.5) is 0 Å². The average Bonchev–Trinajstić information content (AvgIpc) is 0.918. The Morgan fingerprint density at radius 2 is 1.14 bits per heavy atom. The van der Waals surface area contributed by atoms with Crippen LogP contribution in [-0.2, 0) is 0 Å². The topological polar surface area (TPSA) is 0 Å². The molecule has 0 bridgehead atoms. The van der Waals surface area contributed by atoms with Crippen molar-refractivity contribution in [3.8, 4) is 0 Å². The molecule has 0 amide bonds. The van der Waals surface area contributed by atoms with Crippen molar-refractivity contribution >= 4 is 30.0 Å². The zero-order valence-corrected chi connectivity index (χ0v) is 10.7. The van der Waals surface area contributed by atoms with E-state index in [1.807, 2.05) is 6.92 Å². The van der Waals surface area contributed by atoms with Gasteiger partial charge in [0.1, 0.15) is 0 Å². The van der Waals surface area contributed by atoms with Crippen molar-refractivity contribution < 1.29 is 50.9 Å². The molecule has 5 heteroatoms. The van der Waals surface area contributed by atoms with Crippen molar-refractivity contribution in [2.75, 3.05) is 5.75 Å². The third-order valence-electron chi connectivity index (χ3n) is 0. The average molecular weight is 329 g/mol. The second kappa shape index (κ2) is 40.4. The van der Waals surface area contributed by atoms with Crippen molar-refractivity contribution in [3.05, 3.63) is 0 Å². The molecule has 0 N–H and O–H groups in total. The fourth-order valence-electron chi connectivity index (χ4n) is 0. The molecule has 0 aliphatic heterocycles. The SMILES string of the molecule is CCS.[Al+3].[Br-].[Br-].[Br-]. The Bertz CT molecular complexity index is 12.9. The summed E-state index contributed by atoms with van der Waals surface area (Å²) < 4.78 is 0. The molecule has 0 spiro atoms. The van der Waals surface area contributed by atoms with Gasteiger partial charge < -0.3 is 50.9 Å². The van der Waals surface area contributed by atoms with Gasteiger partial charge in [-0.1, -0.05) is 6.92 Å². The monoisotopic (exact) mass is 326 g/mol. The van der Waals surface area contributed by atoms with E-state index in [-0.39, 0.29) is 68.3 Å². The molecule has 0 radical (unpaired) electrons. The molecule has 0 aromatic carbocycles. The summed E-state index contributed by atoms with van der Waals surface area (Å²) in [6.45, 7) is 1.99. The van der Waals surface area contributed by atoms with Gasteiger partial charge in [-0.3, -0.25) is 0 Å². The minimum Gasteiger partial charge on any atom is -1.00 e. The normalized spacial score (nSPS) is 2.57. The van der Waals surface area contributed by atoms with Crippen LogP contribution in [0, 0.1) is 0 Å². The van der Waals surface area contributed by atoms with Gasteiger partial charge in [-0.2, -0.15) is 12.6 Å². The zero-order valence-electron chi connectivity index (χ0n) is 3.87. The van der Waals surface area contributed by atoms with E-state index >= 15 is 0 Å². The quantitative estimate of drug-likeness (QED) is 0.331. The predicted molar refractivity (Wildman–Crippen MR) is 25.3 cm³/mol. The summed E-state index contributed by atoms with van der Waals surface area (Å²) in [7, 11) is 0. The number of thiol groups is 1. The van der Waals surface area contributed by atoms with Crippen molar-refractivity contribution in [2.24, 2.45) is 0 Å². The maximum atomic E-state index is 3.79. The molecule has 7 heavy (non-hydrogen) atoms. The van der Waals surface area contributed by atoms with E-state index in [2.05, 4.69) is 12.6 Å². The molecule has 0 aromatic heterocycles. The Kier molecular flexibility index (Phi) is 200. The van der Waals surface area contributed by atoms with E-state index < -0.39 is 0 Å². The summed E-state index contributed by atoms with van der Waals surface area (Å²) >= 11 is 3.79. The second-order valence-electron chi connectivity index (χ2n) is 0.316. The fraction of sp³-hybridized carbons (Fsp3) is 1.00. The minimum atomic E-state index is 0. The van der Waals surface area contributed by atoms with Gasteiger partial charge in [-0.15, -0.1) is 0 Å². The van der Waals surface area contributed by atoms with E-state index in [1.165, 1.54) is 0 Å². The van der Waals surface area contributed by atoms with Crippen molar-refractivity contribution in [1.29, 1.82) is 0 Å². The molecule has 0 aliphatic carbocycles. The van der Waals surface area contributed by atoms with Crippen LogP contribution in [-0.4, -0.2) is 23.1 Å². The van der Waals surface area contributed by atoms with E-state index in [1.54, 1.807) is 0 Å². The molecule has 0 aromatic rings. The van der Waals surface area contributed by atoms with E-state index in [0.717, 1.165) is 5.75 Å². The Morgan fingerprint density at radius 3 is 1.14 bits per heavy atom. The molecule has 0 saturated heterocycles. The molecule has 0 fully saturated rings. The fourth-order valence-corrected chi connectivity index (χ4v) is 0. The van der Waals surface area contributed by atoms with Gasteiger partial charge in [0.2, 0.25) is 0 Å². The smallest absolute Gasteiger partial charge is 1.00 e. The van der Waals surface area contributed by atoms with Gasteiger partial charge in [0.05, 0.1) is 0 Å². The van der Waals surface area contributed by atoms with Crippen LogP contribution in [0.3, 0.4) is 0 Å². The first kappa shape index (κ1) is 34.6. The van der Waals surface area contributed by atoms with Crippen molar-refractivity contribution in [2.45, 2.75) is 6.92 Å². The molecule has 44 valence electrons. The molecule has 0 saturated carbocycles. The molecular weight excluding hydrogens is 323 g/mol. The van der Waals surface area contributed by atoms with Crippen LogP contribution in [0.2, 0.25) is 0 Å². The third kappa shape index (κ3) is 61.7. The Labute approximate surface area is 92.7 Å². The largest absolute Gasteiger partial charge is 3.00 e. The maximum absolute atomic E-state index is 3.79. The zero-order chi connectivity index (χ0) is 2.71. The van der Waals surface area contributed by atoms with Crippen LogP contribution in [0.1, 0.15) is 6.92 Å². The summed E-state index contributed by atoms with van der Waals surface area (Å²) in [4.78, 5) is 0. The van der Waals surface area contributed by atoms with Gasteiger partial charge in [-0.25, -0.2) is 0 Å². The molecular formula is C2H6AlBr3S. The summed E-state index contributed by atoms with van der Waals surface area (Å²) in [5.41, 5.74) is 0. The molecule has 0 nitrogen and oxygen atoms in total. The molecule has 0 rings (SSSR count). The Hall–Kier alpha value is 2.32. The second-order valence-corrected chi connectivity index (χ2v) is 0.949. The van der Waals surface area contributed by atoms with E-state index in [0.29, 0.717) is 0 Å². The predicted octanol–water partition coefficient (Wildman–Crippen LogP) is -8.43. The van der Waals surface area contributed by atoms with Crippen LogP contribution in [0.25, 0.3) is 0 Å². The van der Waals surface area contributed by atoms with Gasteiger partial charge in [0.15, 0.2) is 0 Å². The van der Waals surface area contributed by atoms with E-state index in [9.17, 15) is 0 Å². The van der Waals surface area contributed by atoms with E-state index in [4.69, 9.17) is 0 Å². The summed E-state index contributed by atoms with van der Waals surface area (Å²) in [5, 5.41) is 0. The maximum Gasteiger partial charge on any atom is 3.00 e. The van der Waals surface area contributed by atoms with Crippen LogP contribution in [0.5, 0.6) is 0 Å². The summed E-state index contributed by atoms with van der Waals surface area (Å²) in [6, 6.07) is 0. The minimum absolute atomic E-state index is 0. The van der Waals surface area contributed by atoms with Crippen molar-refractivity contribution in [1.82, 2.24) is 0 Å². The molecule has 0 aliphatic rings. The van der Waals surface area contributed by atoms with Gasteiger partial charge >= 0.3 is 17.4 Å². The first-order valence-electron chi connectivity index (χ1n) is 1.02. The third-order valence-corrected chi connectivity index (χ3v) is 0. The first-order chi connectivity index (χ1) is 1.41. The Balaban J connectivity index is -0.00000000333. The number of rotatable bonds is 0. The van der Waals surface area contributed by atoms with Crippen LogP contribution < -0.4 is 50.9 Å². The number of hydrogen-bond donors (Lipinski definition) is 1. The molecule has 0 unspecified atom stereocenters. The first-order valence-corrected chi connectivity index (χ1v) is 1.66. The summed E-state index contributed by atoms with van der Waals surface area (Å²) in [5.74, 6) is 0.944. The van der Waals surface area contributed by atoms with Crippen LogP contribution in [0.15, 0.2) is 0 Å². The number of halogens is 3. The molecule has 0 heterocycles. The van der Waals surface area contributed by atoms with Gasteiger partial charge in [-0.05, 0) is 5.75 Å². The van der Waals surface area contributed by atoms with Crippen LogP contribution >= 0.6 is 12.6 Å². The van der Waals surface area contributed by atoms with Gasteiger partial charge in [0.25, 0.3) is 0 Å². The Morgan fingerprint density at radius 1 is 1.14 bits per heavy atom. The standard InChI is InChI=1S/C2H6S.Al.3BrH/c1-2-3;;;;/h3H,2H2,1H3;;3*1H/q;+3;;;/p-3. The summed E-state index contributed by atoms with van der Waals surface area (Å²) in [6.07, 6.45) is 0. The molecule has 0 atom stereocenters. The number of hydrogen-bond acceptors (Lipinski definition) is 1. The van der Waals surface area contributed by atoms with Gasteiger partial charge in [0, 0.05) is 0 Å².